The Morgan fingerprint density at radius 1 is 1.22 bits per heavy atom. The lowest BCUT2D eigenvalue weighted by Gasteiger charge is -2.26. The number of rotatable bonds is 6. The molecule has 1 fully saturated rings. The highest BCUT2D eigenvalue weighted by Gasteiger charge is 2.13. The van der Waals surface area contributed by atoms with Crippen molar-refractivity contribution >= 4 is 50.9 Å². The molecule has 1 aliphatic rings. The van der Waals surface area contributed by atoms with E-state index in [1.54, 1.807) is 0 Å². The monoisotopic (exact) mass is 400 g/mol. The molecule has 2 N–H and O–H groups in total. The summed E-state index contributed by atoms with van der Waals surface area (Å²) >= 11 is 6.44. The van der Waals surface area contributed by atoms with Crippen LogP contribution in [0.25, 0.3) is 10.8 Å². The molecule has 140 valence electrons. The van der Waals surface area contributed by atoms with E-state index in [2.05, 4.69) is 20.4 Å². The number of hydrogen-bond acceptors (Lipinski definition) is 7. The van der Waals surface area contributed by atoms with Crippen LogP contribution in [0.1, 0.15) is 16.8 Å². The van der Waals surface area contributed by atoms with Gasteiger partial charge in [-0.15, -0.1) is 5.10 Å². The number of carbonyl (C=O) groups is 1. The fourth-order valence-corrected chi connectivity index (χ4v) is 3.94. The summed E-state index contributed by atoms with van der Waals surface area (Å²) in [6.07, 6.45) is 0.537. The molecule has 1 aliphatic heterocycles. The summed E-state index contributed by atoms with van der Waals surface area (Å²) in [4.78, 5) is 14.8. The van der Waals surface area contributed by atoms with Crippen LogP contribution >= 0.6 is 23.6 Å². The van der Waals surface area contributed by atoms with Gasteiger partial charge in [-0.1, -0.05) is 29.5 Å². The molecule has 0 atom stereocenters. The normalized spacial score (nSPS) is 15.1. The molecule has 0 unspecified atom stereocenters. The lowest BCUT2D eigenvalue weighted by atomic mass is 10.0. The van der Waals surface area contributed by atoms with Gasteiger partial charge in [0.05, 0.1) is 13.2 Å². The SMILES string of the molecule is O=C(CCN1CCOCC1)c1ccc2cc(Nc3n[nH]c(=S)s3)ccc2c1. The van der Waals surface area contributed by atoms with Crippen LogP contribution in [0.2, 0.25) is 0 Å². The lowest BCUT2D eigenvalue weighted by molar-refractivity contribution is 0.0370. The zero-order valence-corrected chi connectivity index (χ0v) is 16.4. The van der Waals surface area contributed by atoms with Gasteiger partial charge in [0.25, 0.3) is 0 Å². The van der Waals surface area contributed by atoms with Crippen molar-refractivity contribution in [3.05, 3.63) is 45.9 Å². The fraction of sp³-hybridized carbons (Fsp3) is 0.316. The van der Waals surface area contributed by atoms with Gasteiger partial charge < -0.3 is 10.1 Å². The summed E-state index contributed by atoms with van der Waals surface area (Å²) in [6, 6.07) is 11.9. The Hall–Kier alpha value is -2.13. The molecular weight excluding hydrogens is 380 g/mol. The Morgan fingerprint density at radius 2 is 2.00 bits per heavy atom. The first-order valence-corrected chi connectivity index (χ1v) is 10.1. The van der Waals surface area contributed by atoms with Crippen LogP contribution in [0.3, 0.4) is 0 Å². The number of fused-ring (bicyclic) bond motifs is 1. The summed E-state index contributed by atoms with van der Waals surface area (Å²) in [5.41, 5.74) is 1.70. The Balaban J connectivity index is 1.44. The lowest BCUT2D eigenvalue weighted by Crippen LogP contribution is -2.37. The third-order valence-corrected chi connectivity index (χ3v) is 5.62. The molecule has 0 spiro atoms. The van der Waals surface area contributed by atoms with E-state index in [1.165, 1.54) is 11.3 Å². The molecule has 0 aliphatic carbocycles. The van der Waals surface area contributed by atoms with Crippen molar-refractivity contribution < 1.29 is 9.53 Å². The Labute approximate surface area is 166 Å². The van der Waals surface area contributed by atoms with Crippen LogP contribution in [-0.2, 0) is 4.74 Å². The van der Waals surface area contributed by atoms with Gasteiger partial charge in [0, 0.05) is 37.3 Å². The zero-order chi connectivity index (χ0) is 18.6. The number of aromatic amines is 1. The van der Waals surface area contributed by atoms with Gasteiger partial charge in [0.1, 0.15) is 0 Å². The number of hydrogen-bond donors (Lipinski definition) is 2. The first-order chi connectivity index (χ1) is 13.2. The van der Waals surface area contributed by atoms with Gasteiger partial charge in [-0.3, -0.25) is 14.8 Å². The van der Waals surface area contributed by atoms with E-state index in [4.69, 9.17) is 17.0 Å². The van der Waals surface area contributed by atoms with Crippen LogP contribution < -0.4 is 5.32 Å². The molecule has 0 amide bonds. The second-order valence-corrected chi connectivity index (χ2v) is 8.11. The third kappa shape index (κ3) is 4.59. The molecule has 0 saturated carbocycles. The predicted molar refractivity (Wildman–Crippen MR) is 111 cm³/mol. The maximum Gasteiger partial charge on any atom is 0.208 e. The van der Waals surface area contributed by atoms with Crippen molar-refractivity contribution in [2.45, 2.75) is 6.42 Å². The molecule has 1 aromatic heterocycles. The predicted octanol–water partition coefficient (Wildman–Crippen LogP) is 4.00. The molecule has 4 rings (SSSR count). The highest BCUT2D eigenvalue weighted by atomic mass is 32.1. The summed E-state index contributed by atoms with van der Waals surface area (Å²) < 4.78 is 5.98. The molecule has 6 nitrogen and oxygen atoms in total. The first kappa shape index (κ1) is 18.2. The summed E-state index contributed by atoms with van der Waals surface area (Å²) in [5.74, 6) is 0.182. The summed E-state index contributed by atoms with van der Waals surface area (Å²) in [5, 5.41) is 13.0. The van der Waals surface area contributed by atoms with Crippen molar-refractivity contribution in [3.63, 3.8) is 0 Å². The van der Waals surface area contributed by atoms with Gasteiger partial charge in [-0.25, -0.2) is 0 Å². The van der Waals surface area contributed by atoms with E-state index in [0.29, 0.717) is 10.4 Å². The molecular formula is C19H20N4O2S2. The van der Waals surface area contributed by atoms with Crippen molar-refractivity contribution in [1.29, 1.82) is 0 Å². The number of anilines is 2. The number of ether oxygens (including phenoxy) is 1. The topological polar surface area (TPSA) is 70.2 Å². The highest BCUT2D eigenvalue weighted by molar-refractivity contribution is 7.73. The van der Waals surface area contributed by atoms with Crippen molar-refractivity contribution in [2.75, 3.05) is 38.2 Å². The van der Waals surface area contributed by atoms with Crippen LogP contribution in [0.5, 0.6) is 0 Å². The van der Waals surface area contributed by atoms with Gasteiger partial charge in [-0.2, -0.15) is 0 Å². The van der Waals surface area contributed by atoms with E-state index in [0.717, 1.165) is 60.0 Å². The van der Waals surface area contributed by atoms with E-state index >= 15 is 0 Å². The highest BCUT2D eigenvalue weighted by Crippen LogP contribution is 2.24. The van der Waals surface area contributed by atoms with Crippen LogP contribution in [0.15, 0.2) is 36.4 Å². The number of benzene rings is 2. The molecule has 1 saturated heterocycles. The average molecular weight is 401 g/mol. The standard InChI is InChI=1S/C19H20N4O2S2/c24-17(5-6-23-7-9-25-10-8-23)15-2-1-14-12-16(4-3-13(14)11-15)20-18-21-22-19(26)27-18/h1-4,11-12H,5-10H2,(H,20,21)(H,22,26). The zero-order valence-electron chi connectivity index (χ0n) is 14.7. The quantitative estimate of drug-likeness (QED) is 0.481. The number of aromatic nitrogens is 2. The number of H-pyrrole nitrogens is 1. The molecule has 3 aromatic rings. The second kappa shape index (κ2) is 8.26. The number of Topliss-reactive ketones (excluding diaryl/α,β-unsaturated/α-hetero) is 1. The minimum atomic E-state index is 0.182. The largest absolute Gasteiger partial charge is 0.379 e. The molecule has 2 aromatic carbocycles. The average Bonchev–Trinajstić information content (AvgIpc) is 3.11. The van der Waals surface area contributed by atoms with E-state index in [9.17, 15) is 4.79 Å². The van der Waals surface area contributed by atoms with Crippen LogP contribution in [-0.4, -0.2) is 53.7 Å². The number of nitrogens with zero attached hydrogens (tertiary/aromatic N) is 2. The molecule has 8 heteroatoms. The Bertz CT molecular complexity index is 1010. The van der Waals surface area contributed by atoms with Crippen molar-refractivity contribution in [3.8, 4) is 0 Å². The molecule has 0 bridgehead atoms. The van der Waals surface area contributed by atoms with E-state index in [1.807, 2.05) is 36.4 Å². The van der Waals surface area contributed by atoms with Gasteiger partial charge >= 0.3 is 0 Å². The minimum absolute atomic E-state index is 0.182. The minimum Gasteiger partial charge on any atom is -0.379 e. The smallest absolute Gasteiger partial charge is 0.208 e. The van der Waals surface area contributed by atoms with Crippen LogP contribution in [0.4, 0.5) is 10.8 Å². The van der Waals surface area contributed by atoms with Crippen molar-refractivity contribution in [2.24, 2.45) is 0 Å². The Kier molecular flexibility index (Phi) is 5.58. The molecule has 0 radical (unpaired) electrons. The first-order valence-electron chi connectivity index (χ1n) is 8.87. The molecule has 2 heterocycles. The van der Waals surface area contributed by atoms with Gasteiger partial charge in [0.15, 0.2) is 9.74 Å². The Morgan fingerprint density at radius 3 is 2.78 bits per heavy atom. The van der Waals surface area contributed by atoms with Crippen molar-refractivity contribution in [1.82, 2.24) is 15.1 Å². The maximum atomic E-state index is 12.6. The van der Waals surface area contributed by atoms with Gasteiger partial charge in [0.2, 0.25) is 5.13 Å². The number of carbonyl (C=O) groups excluding carboxylic acids is 1. The number of morpholine rings is 1. The van der Waals surface area contributed by atoms with Gasteiger partial charge in [-0.05, 0) is 41.2 Å². The summed E-state index contributed by atoms with van der Waals surface area (Å²) in [7, 11) is 0. The van der Waals surface area contributed by atoms with Crippen LogP contribution in [0, 0.1) is 3.95 Å². The van der Waals surface area contributed by atoms with E-state index in [-0.39, 0.29) is 5.78 Å². The maximum absolute atomic E-state index is 12.6. The van der Waals surface area contributed by atoms with E-state index < -0.39 is 0 Å². The fourth-order valence-electron chi connectivity index (χ4n) is 3.13. The number of ketones is 1. The third-order valence-electron chi connectivity index (χ3n) is 4.61. The summed E-state index contributed by atoms with van der Waals surface area (Å²) in [6.45, 7) is 4.12. The molecule has 27 heavy (non-hydrogen) atoms. The number of nitrogens with one attached hydrogen (secondary N) is 2. The second-order valence-electron chi connectivity index (χ2n) is 6.45.